The lowest BCUT2D eigenvalue weighted by molar-refractivity contribution is -0.0195. The minimum atomic E-state index is -0.202. The van der Waals surface area contributed by atoms with Crippen molar-refractivity contribution in [1.82, 2.24) is 5.32 Å². The number of hydrogen-bond acceptors (Lipinski definition) is 3. The van der Waals surface area contributed by atoms with Crippen molar-refractivity contribution in [3.05, 3.63) is 35.6 Å². The lowest BCUT2D eigenvalue weighted by Crippen LogP contribution is -2.29. The van der Waals surface area contributed by atoms with E-state index < -0.39 is 0 Å². The molecule has 20 heavy (non-hydrogen) atoms. The first-order valence-electron chi connectivity index (χ1n) is 7.51. The SMILES string of the molecule is Fc1ccccc1COCC1CCC(CNC2CC2)O1. The summed E-state index contributed by atoms with van der Waals surface area (Å²) in [7, 11) is 0. The Hall–Kier alpha value is -0.970. The Bertz CT molecular complexity index is 436. The van der Waals surface area contributed by atoms with Gasteiger partial charge in [-0.2, -0.15) is 0 Å². The van der Waals surface area contributed by atoms with E-state index in [0.29, 0.717) is 24.9 Å². The topological polar surface area (TPSA) is 30.5 Å². The summed E-state index contributed by atoms with van der Waals surface area (Å²) in [4.78, 5) is 0. The van der Waals surface area contributed by atoms with E-state index in [2.05, 4.69) is 5.32 Å². The third kappa shape index (κ3) is 4.01. The molecule has 2 atom stereocenters. The molecule has 1 saturated heterocycles. The van der Waals surface area contributed by atoms with Crippen LogP contribution in [0.4, 0.5) is 4.39 Å². The fourth-order valence-corrected chi connectivity index (χ4v) is 2.55. The summed E-state index contributed by atoms with van der Waals surface area (Å²) in [5, 5.41) is 3.49. The highest BCUT2D eigenvalue weighted by Gasteiger charge is 2.28. The normalized spacial score (nSPS) is 26.1. The second-order valence-corrected chi connectivity index (χ2v) is 5.75. The van der Waals surface area contributed by atoms with Crippen molar-refractivity contribution >= 4 is 0 Å². The van der Waals surface area contributed by atoms with Gasteiger partial charge in [0.1, 0.15) is 5.82 Å². The predicted octanol–water partition coefficient (Wildman–Crippen LogP) is 2.64. The number of ether oxygens (including phenoxy) is 2. The third-order valence-corrected chi connectivity index (χ3v) is 3.93. The Morgan fingerprint density at radius 3 is 2.75 bits per heavy atom. The summed E-state index contributed by atoms with van der Waals surface area (Å²) >= 11 is 0. The summed E-state index contributed by atoms with van der Waals surface area (Å²) in [6.07, 6.45) is 5.22. The zero-order valence-corrected chi connectivity index (χ0v) is 11.7. The van der Waals surface area contributed by atoms with Crippen LogP contribution in [0.1, 0.15) is 31.2 Å². The molecule has 1 aromatic rings. The molecule has 1 aliphatic heterocycles. The second kappa shape index (κ2) is 6.66. The smallest absolute Gasteiger partial charge is 0.128 e. The van der Waals surface area contributed by atoms with Crippen LogP contribution in [-0.2, 0) is 16.1 Å². The molecule has 110 valence electrons. The molecule has 1 aliphatic carbocycles. The molecular formula is C16H22FNO2. The van der Waals surface area contributed by atoms with E-state index >= 15 is 0 Å². The van der Waals surface area contributed by atoms with E-state index in [0.717, 1.165) is 25.4 Å². The summed E-state index contributed by atoms with van der Waals surface area (Å²) in [5.74, 6) is -0.202. The molecule has 3 nitrogen and oxygen atoms in total. The molecule has 0 bridgehead atoms. The first kappa shape index (κ1) is 14.0. The molecular weight excluding hydrogens is 257 g/mol. The van der Waals surface area contributed by atoms with Crippen LogP contribution in [0.15, 0.2) is 24.3 Å². The average molecular weight is 279 g/mol. The van der Waals surface area contributed by atoms with E-state index in [1.807, 2.05) is 6.07 Å². The Labute approximate surface area is 119 Å². The van der Waals surface area contributed by atoms with Gasteiger partial charge in [-0.05, 0) is 31.7 Å². The first-order chi connectivity index (χ1) is 9.81. The molecule has 0 aromatic heterocycles. The van der Waals surface area contributed by atoms with Crippen molar-refractivity contribution in [2.24, 2.45) is 0 Å². The quantitative estimate of drug-likeness (QED) is 0.832. The Kier molecular flexibility index (Phi) is 4.65. The van der Waals surface area contributed by atoms with Gasteiger partial charge in [-0.15, -0.1) is 0 Å². The Morgan fingerprint density at radius 1 is 1.15 bits per heavy atom. The van der Waals surface area contributed by atoms with Crippen LogP contribution >= 0.6 is 0 Å². The van der Waals surface area contributed by atoms with Gasteiger partial charge in [0, 0.05) is 18.2 Å². The largest absolute Gasteiger partial charge is 0.374 e. The second-order valence-electron chi connectivity index (χ2n) is 5.75. The van der Waals surface area contributed by atoms with Gasteiger partial charge in [-0.3, -0.25) is 0 Å². The highest BCUT2D eigenvalue weighted by atomic mass is 19.1. The van der Waals surface area contributed by atoms with Gasteiger partial charge >= 0.3 is 0 Å². The van der Waals surface area contributed by atoms with Gasteiger partial charge in [0.25, 0.3) is 0 Å². The van der Waals surface area contributed by atoms with Crippen LogP contribution in [0.3, 0.4) is 0 Å². The van der Waals surface area contributed by atoms with Gasteiger partial charge in [0.2, 0.25) is 0 Å². The van der Waals surface area contributed by atoms with E-state index in [1.165, 1.54) is 18.9 Å². The van der Waals surface area contributed by atoms with Crippen molar-refractivity contribution in [3.63, 3.8) is 0 Å². The zero-order chi connectivity index (χ0) is 13.8. The predicted molar refractivity (Wildman–Crippen MR) is 75.0 cm³/mol. The number of hydrogen-bond donors (Lipinski definition) is 1. The highest BCUT2D eigenvalue weighted by molar-refractivity contribution is 5.16. The third-order valence-electron chi connectivity index (χ3n) is 3.93. The molecule has 3 rings (SSSR count). The number of benzene rings is 1. The minimum absolute atomic E-state index is 0.160. The zero-order valence-electron chi connectivity index (χ0n) is 11.7. The van der Waals surface area contributed by atoms with Gasteiger partial charge < -0.3 is 14.8 Å². The van der Waals surface area contributed by atoms with Crippen LogP contribution in [0.2, 0.25) is 0 Å². The molecule has 2 unspecified atom stereocenters. The van der Waals surface area contributed by atoms with Gasteiger partial charge in [-0.25, -0.2) is 4.39 Å². The van der Waals surface area contributed by atoms with Crippen LogP contribution in [0.5, 0.6) is 0 Å². The van der Waals surface area contributed by atoms with Crippen LogP contribution in [0.25, 0.3) is 0 Å². The van der Waals surface area contributed by atoms with E-state index in [-0.39, 0.29) is 11.9 Å². The average Bonchev–Trinajstić information content (AvgIpc) is 3.18. The van der Waals surface area contributed by atoms with Gasteiger partial charge in [0.05, 0.1) is 25.4 Å². The molecule has 4 heteroatoms. The number of halogens is 1. The van der Waals surface area contributed by atoms with Crippen molar-refractivity contribution < 1.29 is 13.9 Å². The van der Waals surface area contributed by atoms with Crippen molar-refractivity contribution in [2.45, 2.75) is 50.5 Å². The maximum Gasteiger partial charge on any atom is 0.128 e. The van der Waals surface area contributed by atoms with Crippen LogP contribution in [-0.4, -0.2) is 31.4 Å². The minimum Gasteiger partial charge on any atom is -0.374 e. The number of rotatable bonds is 7. The molecule has 0 radical (unpaired) electrons. The molecule has 2 aliphatic rings. The molecule has 2 fully saturated rings. The summed E-state index contributed by atoms with van der Waals surface area (Å²) < 4.78 is 24.9. The van der Waals surface area contributed by atoms with Crippen molar-refractivity contribution in [2.75, 3.05) is 13.2 Å². The Balaban J connectivity index is 1.34. The summed E-state index contributed by atoms with van der Waals surface area (Å²) in [5.41, 5.74) is 0.609. The van der Waals surface area contributed by atoms with Crippen LogP contribution < -0.4 is 5.32 Å². The van der Waals surface area contributed by atoms with E-state index in [4.69, 9.17) is 9.47 Å². The van der Waals surface area contributed by atoms with Gasteiger partial charge in [0.15, 0.2) is 0 Å². The molecule has 1 aromatic carbocycles. The summed E-state index contributed by atoms with van der Waals surface area (Å²) in [6.45, 7) is 1.82. The molecule has 1 heterocycles. The summed E-state index contributed by atoms with van der Waals surface area (Å²) in [6, 6.07) is 7.47. The highest BCUT2D eigenvalue weighted by Crippen LogP contribution is 2.23. The fraction of sp³-hybridized carbons (Fsp3) is 0.625. The molecule has 1 saturated carbocycles. The molecule has 0 spiro atoms. The van der Waals surface area contributed by atoms with E-state index in [1.54, 1.807) is 12.1 Å². The molecule has 0 amide bonds. The van der Waals surface area contributed by atoms with Crippen molar-refractivity contribution in [3.8, 4) is 0 Å². The monoisotopic (exact) mass is 279 g/mol. The maximum atomic E-state index is 13.4. The fourth-order valence-electron chi connectivity index (χ4n) is 2.55. The van der Waals surface area contributed by atoms with E-state index in [9.17, 15) is 4.39 Å². The van der Waals surface area contributed by atoms with Crippen LogP contribution in [0, 0.1) is 5.82 Å². The standard InChI is InChI=1S/C16H22FNO2/c17-16-4-2-1-3-12(16)10-19-11-15-8-7-14(20-15)9-18-13-5-6-13/h1-4,13-15,18H,5-11H2. The van der Waals surface area contributed by atoms with Gasteiger partial charge in [-0.1, -0.05) is 18.2 Å². The number of nitrogens with one attached hydrogen (secondary N) is 1. The van der Waals surface area contributed by atoms with Crippen molar-refractivity contribution in [1.29, 1.82) is 0 Å². The lowest BCUT2D eigenvalue weighted by Gasteiger charge is -2.14. The lowest BCUT2D eigenvalue weighted by atomic mass is 10.2. The Morgan fingerprint density at radius 2 is 1.95 bits per heavy atom. The first-order valence-corrected chi connectivity index (χ1v) is 7.51. The maximum absolute atomic E-state index is 13.4. The molecule has 1 N–H and O–H groups in total.